The lowest BCUT2D eigenvalue weighted by Crippen LogP contribution is -2.06. The fraction of sp³-hybridized carbons (Fsp3) is 1.00. The van der Waals surface area contributed by atoms with Gasteiger partial charge in [-0.1, -0.05) is 40.5 Å². The molecule has 0 aliphatic rings. The number of unbranched alkanes of at least 4 members (excludes halogenated alkanes) is 3. The summed E-state index contributed by atoms with van der Waals surface area (Å²) in [4.78, 5) is 0. The molecule has 0 aromatic carbocycles. The van der Waals surface area contributed by atoms with Gasteiger partial charge in [0.05, 0.1) is 13.2 Å². The van der Waals surface area contributed by atoms with Crippen LogP contribution in [0.25, 0.3) is 0 Å². The Morgan fingerprint density at radius 1 is 0.286 bits per heavy atom. The third-order valence-electron chi connectivity index (χ3n) is 4.33. The second kappa shape index (κ2) is 43.8. The molecule has 0 fully saturated rings. The van der Waals surface area contributed by atoms with Crippen LogP contribution in [0.5, 0.6) is 0 Å². The maximum Gasteiger partial charge on any atom is 0.146 e. The van der Waals surface area contributed by atoms with Gasteiger partial charge in [0.1, 0.15) is 6.79 Å². The van der Waals surface area contributed by atoms with Crippen LogP contribution in [0, 0.1) is 0 Å². The van der Waals surface area contributed by atoms with E-state index in [0.29, 0.717) is 26.6 Å². The third kappa shape index (κ3) is 51.3. The molecule has 216 valence electrons. The molecule has 0 atom stereocenters. The Hall–Kier alpha value is -0.280. The largest absolute Gasteiger partial charge is 0.381 e. The van der Waals surface area contributed by atoms with Crippen molar-refractivity contribution < 1.29 is 33.2 Å². The second-order valence-electron chi connectivity index (χ2n) is 7.93. The van der Waals surface area contributed by atoms with E-state index in [2.05, 4.69) is 27.7 Å². The summed E-state index contributed by atoms with van der Waals surface area (Å²) in [5.74, 6) is 0. The summed E-state index contributed by atoms with van der Waals surface area (Å²) in [6, 6.07) is 0. The summed E-state index contributed by atoms with van der Waals surface area (Å²) in [5.41, 5.74) is 0. The van der Waals surface area contributed by atoms with Gasteiger partial charge in [-0.3, -0.25) is 0 Å². The summed E-state index contributed by atoms with van der Waals surface area (Å²) in [5, 5.41) is 0. The van der Waals surface area contributed by atoms with Gasteiger partial charge >= 0.3 is 0 Å². The minimum Gasteiger partial charge on any atom is -0.381 e. The van der Waals surface area contributed by atoms with Crippen LogP contribution in [0.2, 0.25) is 0 Å². The first-order valence-corrected chi connectivity index (χ1v) is 14.3. The highest BCUT2D eigenvalue weighted by molar-refractivity contribution is 4.40. The van der Waals surface area contributed by atoms with E-state index in [4.69, 9.17) is 33.2 Å². The van der Waals surface area contributed by atoms with Crippen molar-refractivity contribution in [2.24, 2.45) is 0 Å². The first-order valence-electron chi connectivity index (χ1n) is 14.3. The van der Waals surface area contributed by atoms with Gasteiger partial charge in [-0.2, -0.15) is 0 Å². The highest BCUT2D eigenvalue weighted by Crippen LogP contribution is 1.95. The molecule has 35 heavy (non-hydrogen) atoms. The molecule has 0 unspecified atom stereocenters. The van der Waals surface area contributed by atoms with Crippen LogP contribution in [-0.4, -0.2) is 86.1 Å². The van der Waals surface area contributed by atoms with Crippen molar-refractivity contribution in [1.82, 2.24) is 0 Å². The number of hydrogen-bond acceptors (Lipinski definition) is 7. The SMILES string of the molecule is CCCCOCCCCOCCCC.CCCOCCCOCCC.CCOCCOCOCC. The fourth-order valence-corrected chi connectivity index (χ4v) is 2.32. The van der Waals surface area contributed by atoms with Crippen LogP contribution in [0.15, 0.2) is 0 Å². The first-order chi connectivity index (χ1) is 17.2. The van der Waals surface area contributed by atoms with Crippen LogP contribution in [0.3, 0.4) is 0 Å². The van der Waals surface area contributed by atoms with E-state index in [9.17, 15) is 0 Å². The van der Waals surface area contributed by atoms with Crippen molar-refractivity contribution in [2.75, 3.05) is 86.1 Å². The third-order valence-corrected chi connectivity index (χ3v) is 4.33. The molecular weight excluding hydrogens is 448 g/mol. The minimum atomic E-state index is 0.379. The Labute approximate surface area is 218 Å². The van der Waals surface area contributed by atoms with E-state index < -0.39 is 0 Å². The normalized spacial score (nSPS) is 10.5. The lowest BCUT2D eigenvalue weighted by atomic mass is 10.3. The standard InChI is InChI=1S/C12H26O2.C9H20O2.C7H16O3/c1-3-5-9-13-11-7-8-12-14-10-6-4-2;1-3-6-10-8-5-9-11-7-4-2;1-3-8-5-6-10-7-9-4-2/h3-12H2,1-2H3;3-9H2,1-2H3;3-7H2,1-2H3. The van der Waals surface area contributed by atoms with Gasteiger partial charge in [0.15, 0.2) is 0 Å². The highest BCUT2D eigenvalue weighted by Gasteiger charge is 1.91. The fourth-order valence-electron chi connectivity index (χ4n) is 2.32. The Bertz CT molecular complexity index is 279. The molecule has 0 aromatic rings. The maximum atomic E-state index is 5.45. The molecule has 0 amide bonds. The average Bonchev–Trinajstić information content (AvgIpc) is 2.88. The summed E-state index contributed by atoms with van der Waals surface area (Å²) in [6.45, 7) is 22.7. The van der Waals surface area contributed by atoms with Gasteiger partial charge in [-0.25, -0.2) is 0 Å². The maximum absolute atomic E-state index is 5.45. The molecule has 0 saturated carbocycles. The first kappa shape index (κ1) is 39.2. The predicted molar refractivity (Wildman–Crippen MR) is 146 cm³/mol. The van der Waals surface area contributed by atoms with E-state index >= 15 is 0 Å². The summed E-state index contributed by atoms with van der Waals surface area (Å²) < 4.78 is 36.5. The Balaban J connectivity index is -0.000000447. The predicted octanol–water partition coefficient (Wildman–Crippen LogP) is 6.66. The molecule has 0 heterocycles. The lowest BCUT2D eigenvalue weighted by Gasteiger charge is -2.04. The molecule has 7 nitrogen and oxygen atoms in total. The topological polar surface area (TPSA) is 64.6 Å². The minimum absolute atomic E-state index is 0.379. The zero-order chi connectivity index (χ0) is 26.5. The van der Waals surface area contributed by atoms with Crippen molar-refractivity contribution in [3.05, 3.63) is 0 Å². The van der Waals surface area contributed by atoms with Crippen molar-refractivity contribution in [1.29, 1.82) is 0 Å². The van der Waals surface area contributed by atoms with E-state index in [1.807, 2.05) is 13.8 Å². The van der Waals surface area contributed by atoms with Crippen molar-refractivity contribution in [2.45, 2.75) is 99.3 Å². The van der Waals surface area contributed by atoms with E-state index in [1.165, 1.54) is 25.7 Å². The number of rotatable bonds is 26. The lowest BCUT2D eigenvalue weighted by molar-refractivity contribution is -0.0648. The number of ether oxygens (including phenoxy) is 7. The molecule has 0 saturated heterocycles. The molecule has 7 heteroatoms. The highest BCUT2D eigenvalue weighted by atomic mass is 16.7. The van der Waals surface area contributed by atoms with E-state index in [-0.39, 0.29) is 0 Å². The van der Waals surface area contributed by atoms with Crippen LogP contribution in [0.4, 0.5) is 0 Å². The Kier molecular flexibility index (Phi) is 49.1. The van der Waals surface area contributed by atoms with Gasteiger partial charge in [0, 0.05) is 66.1 Å². The summed E-state index contributed by atoms with van der Waals surface area (Å²) in [6.07, 6.45) is 10.3. The molecule has 0 rings (SSSR count). The zero-order valence-corrected chi connectivity index (χ0v) is 24.4. The molecule has 0 N–H and O–H groups in total. The Morgan fingerprint density at radius 3 is 1.11 bits per heavy atom. The smallest absolute Gasteiger partial charge is 0.146 e. The van der Waals surface area contributed by atoms with Crippen molar-refractivity contribution in [3.8, 4) is 0 Å². The summed E-state index contributed by atoms with van der Waals surface area (Å²) >= 11 is 0. The number of hydrogen-bond donors (Lipinski definition) is 0. The quantitative estimate of drug-likeness (QED) is 0.0951. The van der Waals surface area contributed by atoms with Crippen molar-refractivity contribution in [3.63, 3.8) is 0 Å². The van der Waals surface area contributed by atoms with Crippen LogP contribution >= 0.6 is 0 Å². The van der Waals surface area contributed by atoms with Gasteiger partial charge in [0.25, 0.3) is 0 Å². The molecule has 0 aliphatic carbocycles. The Morgan fingerprint density at radius 2 is 0.686 bits per heavy atom. The summed E-state index contributed by atoms with van der Waals surface area (Å²) in [7, 11) is 0. The molecular formula is C28H62O7. The molecule has 0 aromatic heterocycles. The van der Waals surface area contributed by atoms with E-state index in [1.54, 1.807) is 0 Å². The van der Waals surface area contributed by atoms with E-state index in [0.717, 1.165) is 91.6 Å². The van der Waals surface area contributed by atoms with Crippen LogP contribution in [-0.2, 0) is 33.2 Å². The monoisotopic (exact) mass is 510 g/mol. The molecule has 0 radical (unpaired) electrons. The zero-order valence-electron chi connectivity index (χ0n) is 24.4. The van der Waals surface area contributed by atoms with Gasteiger partial charge in [0.2, 0.25) is 0 Å². The van der Waals surface area contributed by atoms with Gasteiger partial charge in [-0.15, -0.1) is 0 Å². The van der Waals surface area contributed by atoms with Gasteiger partial charge < -0.3 is 33.2 Å². The van der Waals surface area contributed by atoms with Crippen molar-refractivity contribution >= 4 is 0 Å². The van der Waals surface area contributed by atoms with Crippen LogP contribution in [0.1, 0.15) is 99.3 Å². The molecule has 0 spiro atoms. The molecule has 0 bridgehead atoms. The second-order valence-corrected chi connectivity index (χ2v) is 7.93. The van der Waals surface area contributed by atoms with Crippen LogP contribution < -0.4 is 0 Å². The molecule has 0 aliphatic heterocycles. The average molecular weight is 511 g/mol. The van der Waals surface area contributed by atoms with Gasteiger partial charge in [-0.05, 0) is 58.8 Å².